The van der Waals surface area contributed by atoms with Gasteiger partial charge in [-0.2, -0.15) is 0 Å². The maximum Gasteiger partial charge on any atom is 0.307 e. The molecule has 2 aromatic rings. The molecule has 0 aliphatic heterocycles. The SMILES string of the molecule is CCCc1ccc(C(=O)CCC(=O)O[C@@H](C)C(=O)Nc2cccc(Cl)c2)cc1. The van der Waals surface area contributed by atoms with Gasteiger partial charge in [-0.05, 0) is 37.1 Å². The number of hydrogen-bond acceptors (Lipinski definition) is 4. The van der Waals surface area contributed by atoms with E-state index in [1.54, 1.807) is 36.4 Å². The topological polar surface area (TPSA) is 72.5 Å². The fourth-order valence-corrected chi connectivity index (χ4v) is 2.82. The molecule has 0 radical (unpaired) electrons. The van der Waals surface area contributed by atoms with Crippen LogP contribution in [0.5, 0.6) is 0 Å². The van der Waals surface area contributed by atoms with Crippen molar-refractivity contribution in [3.05, 3.63) is 64.7 Å². The average Bonchev–Trinajstić information content (AvgIpc) is 2.67. The number of ether oxygens (including phenoxy) is 1. The van der Waals surface area contributed by atoms with Crippen LogP contribution in [0.3, 0.4) is 0 Å². The van der Waals surface area contributed by atoms with Crippen molar-refractivity contribution in [2.24, 2.45) is 0 Å². The average molecular weight is 402 g/mol. The van der Waals surface area contributed by atoms with Crippen LogP contribution in [0.15, 0.2) is 48.5 Å². The zero-order valence-electron chi connectivity index (χ0n) is 16.0. The molecule has 0 heterocycles. The first-order valence-electron chi connectivity index (χ1n) is 9.27. The van der Waals surface area contributed by atoms with E-state index in [1.807, 2.05) is 12.1 Å². The lowest BCUT2D eigenvalue weighted by Crippen LogP contribution is -2.30. The Labute approximate surface area is 170 Å². The van der Waals surface area contributed by atoms with Gasteiger partial charge in [-0.25, -0.2) is 0 Å². The van der Waals surface area contributed by atoms with Crippen LogP contribution in [0, 0.1) is 0 Å². The normalized spacial score (nSPS) is 11.5. The monoisotopic (exact) mass is 401 g/mol. The summed E-state index contributed by atoms with van der Waals surface area (Å²) in [6, 6.07) is 14.1. The van der Waals surface area contributed by atoms with Crippen molar-refractivity contribution >= 4 is 34.9 Å². The summed E-state index contributed by atoms with van der Waals surface area (Å²) in [5, 5.41) is 3.12. The highest BCUT2D eigenvalue weighted by molar-refractivity contribution is 6.30. The molecule has 0 saturated heterocycles. The molecule has 5 nitrogen and oxygen atoms in total. The van der Waals surface area contributed by atoms with Gasteiger partial charge in [0, 0.05) is 22.7 Å². The Morgan fingerprint density at radius 1 is 1.07 bits per heavy atom. The molecule has 28 heavy (non-hydrogen) atoms. The minimum Gasteiger partial charge on any atom is -0.453 e. The minimum atomic E-state index is -0.977. The molecule has 2 aromatic carbocycles. The summed E-state index contributed by atoms with van der Waals surface area (Å²) in [7, 11) is 0. The molecule has 148 valence electrons. The number of nitrogens with one attached hydrogen (secondary N) is 1. The zero-order chi connectivity index (χ0) is 20.5. The van der Waals surface area contributed by atoms with Crippen molar-refractivity contribution in [3.8, 4) is 0 Å². The van der Waals surface area contributed by atoms with Crippen LogP contribution in [0.2, 0.25) is 5.02 Å². The van der Waals surface area contributed by atoms with E-state index >= 15 is 0 Å². The van der Waals surface area contributed by atoms with Crippen LogP contribution in [0.4, 0.5) is 5.69 Å². The van der Waals surface area contributed by atoms with E-state index in [9.17, 15) is 14.4 Å². The van der Waals surface area contributed by atoms with Gasteiger partial charge in [0.15, 0.2) is 11.9 Å². The predicted octanol–water partition coefficient (Wildman–Crippen LogP) is 4.83. The molecule has 0 bridgehead atoms. The van der Waals surface area contributed by atoms with Gasteiger partial charge in [-0.3, -0.25) is 14.4 Å². The molecule has 0 fully saturated rings. The number of amides is 1. The zero-order valence-corrected chi connectivity index (χ0v) is 16.8. The van der Waals surface area contributed by atoms with Crippen LogP contribution < -0.4 is 5.32 Å². The van der Waals surface area contributed by atoms with Crippen molar-refractivity contribution in [3.63, 3.8) is 0 Å². The van der Waals surface area contributed by atoms with Crippen molar-refractivity contribution < 1.29 is 19.1 Å². The highest BCUT2D eigenvalue weighted by atomic mass is 35.5. The third kappa shape index (κ3) is 6.82. The van der Waals surface area contributed by atoms with Gasteiger partial charge in [-0.15, -0.1) is 0 Å². The maximum atomic E-state index is 12.2. The fourth-order valence-electron chi connectivity index (χ4n) is 2.63. The number of halogens is 1. The number of aryl methyl sites for hydroxylation is 1. The molecule has 1 amide bonds. The summed E-state index contributed by atoms with van der Waals surface area (Å²) in [5.41, 5.74) is 2.26. The Morgan fingerprint density at radius 3 is 2.43 bits per heavy atom. The van der Waals surface area contributed by atoms with E-state index < -0.39 is 18.0 Å². The van der Waals surface area contributed by atoms with Gasteiger partial charge < -0.3 is 10.1 Å². The van der Waals surface area contributed by atoms with Crippen molar-refractivity contribution in [1.29, 1.82) is 0 Å². The lowest BCUT2D eigenvalue weighted by atomic mass is 10.0. The predicted molar refractivity (Wildman–Crippen MR) is 110 cm³/mol. The number of hydrogen-bond donors (Lipinski definition) is 1. The van der Waals surface area contributed by atoms with Crippen LogP contribution in [-0.2, 0) is 20.7 Å². The van der Waals surface area contributed by atoms with Crippen LogP contribution in [-0.4, -0.2) is 23.8 Å². The van der Waals surface area contributed by atoms with Gasteiger partial charge in [0.2, 0.25) is 0 Å². The fraction of sp³-hybridized carbons (Fsp3) is 0.318. The number of esters is 1. The standard InChI is InChI=1S/C22H24ClNO4/c1-3-5-16-8-10-17(11-9-16)20(25)12-13-21(26)28-15(2)22(27)24-19-7-4-6-18(23)14-19/h4,6-11,14-15H,3,5,12-13H2,1-2H3,(H,24,27)/t15-/m0/s1. The molecule has 0 saturated carbocycles. The Morgan fingerprint density at radius 2 is 1.79 bits per heavy atom. The Hall–Kier alpha value is -2.66. The van der Waals surface area contributed by atoms with Gasteiger partial charge >= 0.3 is 5.97 Å². The second kappa shape index (κ2) is 10.6. The number of rotatable bonds is 9. The molecule has 1 N–H and O–H groups in total. The molecule has 0 aromatic heterocycles. The van der Waals surface area contributed by atoms with Crippen LogP contribution in [0.1, 0.15) is 49.0 Å². The quantitative estimate of drug-likeness (QED) is 0.482. The largest absolute Gasteiger partial charge is 0.453 e. The first-order valence-corrected chi connectivity index (χ1v) is 9.65. The van der Waals surface area contributed by atoms with Gasteiger partial charge in [0.05, 0.1) is 6.42 Å². The number of anilines is 1. The van der Waals surface area contributed by atoms with E-state index in [1.165, 1.54) is 12.5 Å². The third-order valence-electron chi connectivity index (χ3n) is 4.14. The molecule has 0 aliphatic rings. The van der Waals surface area contributed by atoms with Crippen molar-refractivity contribution in [1.82, 2.24) is 0 Å². The van der Waals surface area contributed by atoms with E-state index in [0.717, 1.165) is 12.8 Å². The summed E-state index contributed by atoms with van der Waals surface area (Å²) in [5.74, 6) is -1.19. The number of carbonyl (C=O) groups is 3. The number of carbonyl (C=O) groups excluding carboxylic acids is 3. The van der Waals surface area contributed by atoms with Crippen molar-refractivity contribution in [2.75, 3.05) is 5.32 Å². The molecule has 0 aliphatic carbocycles. The molecule has 1 atom stereocenters. The number of ketones is 1. The van der Waals surface area contributed by atoms with Crippen molar-refractivity contribution in [2.45, 2.75) is 45.6 Å². The number of benzene rings is 2. The van der Waals surface area contributed by atoms with Gasteiger partial charge in [-0.1, -0.05) is 55.3 Å². The van der Waals surface area contributed by atoms with E-state index in [-0.39, 0.29) is 18.6 Å². The second-order valence-corrected chi connectivity index (χ2v) is 6.94. The van der Waals surface area contributed by atoms with E-state index in [0.29, 0.717) is 16.3 Å². The highest BCUT2D eigenvalue weighted by Gasteiger charge is 2.19. The lowest BCUT2D eigenvalue weighted by Gasteiger charge is -2.13. The Kier molecular flexibility index (Phi) is 8.20. The minimum absolute atomic E-state index is 0.0363. The smallest absolute Gasteiger partial charge is 0.307 e. The Bertz CT molecular complexity index is 833. The van der Waals surface area contributed by atoms with Gasteiger partial charge in [0.25, 0.3) is 5.91 Å². The summed E-state index contributed by atoms with van der Waals surface area (Å²) in [6.07, 6.45) is 0.992. The van der Waals surface area contributed by atoms with Crippen LogP contribution >= 0.6 is 11.6 Å². The maximum absolute atomic E-state index is 12.2. The molecule has 0 spiro atoms. The summed E-state index contributed by atoms with van der Waals surface area (Å²) in [4.78, 5) is 36.3. The summed E-state index contributed by atoms with van der Waals surface area (Å²) in [6.45, 7) is 3.58. The highest BCUT2D eigenvalue weighted by Crippen LogP contribution is 2.15. The molecular weight excluding hydrogens is 378 g/mol. The Balaban J connectivity index is 1.79. The first-order chi connectivity index (χ1) is 13.4. The van der Waals surface area contributed by atoms with Gasteiger partial charge in [0.1, 0.15) is 0 Å². The number of Topliss-reactive ketones (excluding diaryl/α,β-unsaturated/α-hetero) is 1. The second-order valence-electron chi connectivity index (χ2n) is 6.50. The van der Waals surface area contributed by atoms with E-state index in [2.05, 4.69) is 12.2 Å². The van der Waals surface area contributed by atoms with E-state index in [4.69, 9.17) is 16.3 Å². The molecular formula is C22H24ClNO4. The van der Waals surface area contributed by atoms with Crippen LogP contribution in [0.25, 0.3) is 0 Å². The lowest BCUT2D eigenvalue weighted by molar-refractivity contribution is -0.153. The third-order valence-corrected chi connectivity index (χ3v) is 4.38. The molecule has 0 unspecified atom stereocenters. The molecule has 2 rings (SSSR count). The summed E-state index contributed by atoms with van der Waals surface area (Å²) >= 11 is 5.87. The molecule has 6 heteroatoms. The first kappa shape index (κ1) is 21.6. The summed E-state index contributed by atoms with van der Waals surface area (Å²) < 4.78 is 5.12.